The maximum absolute atomic E-state index is 10.7. The third kappa shape index (κ3) is 1.74. The van der Waals surface area contributed by atoms with Crippen LogP contribution in [0.2, 0.25) is 0 Å². The first-order valence-corrected chi connectivity index (χ1v) is 8.04. The van der Waals surface area contributed by atoms with Gasteiger partial charge in [0.25, 0.3) is 0 Å². The Bertz CT molecular complexity index is 526. The van der Waals surface area contributed by atoms with E-state index in [1.807, 2.05) is 6.92 Å². The van der Waals surface area contributed by atoms with E-state index in [0.717, 1.165) is 34.5 Å². The lowest BCUT2D eigenvalue weighted by atomic mass is 10.0. The summed E-state index contributed by atoms with van der Waals surface area (Å²) in [6.07, 6.45) is 6.38. The molecule has 5 heteroatoms. The first-order valence-electron chi connectivity index (χ1n) is 7.05. The molecule has 3 saturated carbocycles. The molecule has 4 atom stereocenters. The molecule has 4 rings (SSSR count). The maximum atomic E-state index is 10.7. The number of carbonyl (C=O) groups is 1. The first kappa shape index (κ1) is 11.8. The van der Waals surface area contributed by atoms with Crippen molar-refractivity contribution in [2.75, 3.05) is 5.75 Å². The predicted molar refractivity (Wildman–Crippen MR) is 72.2 cm³/mol. The molecule has 0 spiro atoms. The molecule has 0 aliphatic heterocycles. The number of carboxylic acids is 1. The van der Waals surface area contributed by atoms with Gasteiger partial charge in [-0.3, -0.25) is 4.79 Å². The second-order valence-corrected chi connectivity index (χ2v) is 7.18. The summed E-state index contributed by atoms with van der Waals surface area (Å²) in [5.74, 6) is 2.91. The van der Waals surface area contributed by atoms with Gasteiger partial charge < -0.3 is 9.67 Å². The number of imidazole rings is 1. The zero-order valence-corrected chi connectivity index (χ0v) is 11.8. The molecule has 1 aromatic rings. The summed E-state index contributed by atoms with van der Waals surface area (Å²) in [5.41, 5.74) is 1.00. The smallest absolute Gasteiger partial charge is 0.313 e. The second-order valence-electron chi connectivity index (χ2n) is 6.23. The molecule has 0 amide bonds. The molecule has 102 valence electrons. The summed E-state index contributed by atoms with van der Waals surface area (Å²) in [6, 6.07) is 0.615. The van der Waals surface area contributed by atoms with E-state index in [1.165, 1.54) is 31.0 Å². The van der Waals surface area contributed by atoms with E-state index in [-0.39, 0.29) is 5.75 Å². The highest BCUT2D eigenvalue weighted by Crippen LogP contribution is 2.71. The van der Waals surface area contributed by atoms with Crippen LogP contribution in [0.15, 0.2) is 11.4 Å². The van der Waals surface area contributed by atoms with Crippen molar-refractivity contribution in [3.8, 4) is 0 Å². The third-order valence-corrected chi connectivity index (χ3v) is 6.11. The molecular formula is C14H18N2O2S. The SMILES string of the molecule is Cc1cn(C2C3C4CCC(C4)C32)c(SCC(=O)O)n1. The largest absolute Gasteiger partial charge is 0.481 e. The average Bonchev–Trinajstić information content (AvgIpc) is 2.73. The highest BCUT2D eigenvalue weighted by molar-refractivity contribution is 7.99. The summed E-state index contributed by atoms with van der Waals surface area (Å²) in [5, 5.41) is 9.73. The number of rotatable bonds is 4. The second kappa shape index (κ2) is 4.01. The van der Waals surface area contributed by atoms with Crippen LogP contribution in [0.3, 0.4) is 0 Å². The van der Waals surface area contributed by atoms with Gasteiger partial charge in [-0.05, 0) is 49.9 Å². The lowest BCUT2D eigenvalue weighted by Crippen LogP contribution is -2.06. The molecule has 1 aromatic heterocycles. The van der Waals surface area contributed by atoms with Crippen LogP contribution in [-0.4, -0.2) is 26.4 Å². The molecule has 0 aromatic carbocycles. The number of hydrogen-bond acceptors (Lipinski definition) is 3. The quantitative estimate of drug-likeness (QED) is 0.860. The zero-order chi connectivity index (χ0) is 13.1. The number of thioether (sulfide) groups is 1. The van der Waals surface area contributed by atoms with Crippen LogP contribution < -0.4 is 0 Å². The van der Waals surface area contributed by atoms with Crippen LogP contribution in [0.25, 0.3) is 0 Å². The van der Waals surface area contributed by atoms with Crippen molar-refractivity contribution in [3.63, 3.8) is 0 Å². The van der Waals surface area contributed by atoms with Crippen LogP contribution >= 0.6 is 11.8 Å². The molecule has 2 bridgehead atoms. The van der Waals surface area contributed by atoms with E-state index in [2.05, 4.69) is 15.7 Å². The Morgan fingerprint density at radius 2 is 2.16 bits per heavy atom. The number of fused-ring (bicyclic) bond motifs is 5. The van der Waals surface area contributed by atoms with Gasteiger partial charge in [-0.15, -0.1) is 0 Å². The number of aromatic nitrogens is 2. The molecule has 0 radical (unpaired) electrons. The molecule has 4 unspecified atom stereocenters. The molecule has 1 N–H and O–H groups in total. The van der Waals surface area contributed by atoms with Crippen molar-refractivity contribution in [3.05, 3.63) is 11.9 Å². The minimum Gasteiger partial charge on any atom is -0.481 e. The molecule has 3 aliphatic carbocycles. The number of aliphatic carboxylic acids is 1. The van der Waals surface area contributed by atoms with Crippen molar-refractivity contribution < 1.29 is 9.90 Å². The fraction of sp³-hybridized carbons (Fsp3) is 0.714. The molecule has 3 fully saturated rings. The Kier molecular flexibility index (Phi) is 2.50. The minimum absolute atomic E-state index is 0.103. The maximum Gasteiger partial charge on any atom is 0.313 e. The highest BCUT2D eigenvalue weighted by Gasteiger charge is 2.66. The molecule has 19 heavy (non-hydrogen) atoms. The monoisotopic (exact) mass is 278 g/mol. The van der Waals surface area contributed by atoms with Crippen LogP contribution in [0, 0.1) is 30.6 Å². The number of carboxylic acid groups (broad SMARTS) is 1. The Morgan fingerprint density at radius 3 is 2.79 bits per heavy atom. The number of aryl methyl sites for hydroxylation is 1. The van der Waals surface area contributed by atoms with Gasteiger partial charge in [-0.25, -0.2) is 4.98 Å². The third-order valence-electron chi connectivity index (χ3n) is 5.16. The molecule has 0 saturated heterocycles. The standard InChI is InChI=1S/C14H18N2O2S/c1-7-5-16(14(15-7)19-6-10(17)18)13-11-8-2-3-9(4-8)12(11)13/h5,8-9,11-13H,2-4,6H2,1H3,(H,17,18). The summed E-state index contributed by atoms with van der Waals surface area (Å²) < 4.78 is 2.28. The lowest BCUT2D eigenvalue weighted by molar-refractivity contribution is -0.133. The normalized spacial score (nSPS) is 38.5. The number of nitrogens with zero attached hydrogens (tertiary/aromatic N) is 2. The van der Waals surface area contributed by atoms with Gasteiger partial charge in [-0.1, -0.05) is 11.8 Å². The van der Waals surface area contributed by atoms with Crippen LogP contribution in [-0.2, 0) is 4.79 Å². The van der Waals surface area contributed by atoms with Gasteiger partial charge in [0.05, 0.1) is 11.4 Å². The summed E-state index contributed by atoms with van der Waals surface area (Å²) in [6.45, 7) is 1.99. The highest BCUT2D eigenvalue weighted by atomic mass is 32.2. The fourth-order valence-corrected chi connectivity index (χ4v) is 5.38. The number of hydrogen-bond donors (Lipinski definition) is 1. The van der Waals surface area contributed by atoms with Crippen LogP contribution in [0.5, 0.6) is 0 Å². The van der Waals surface area contributed by atoms with Crippen molar-refractivity contribution in [2.45, 2.75) is 37.4 Å². The van der Waals surface area contributed by atoms with Gasteiger partial charge in [0, 0.05) is 12.2 Å². The molecule has 4 nitrogen and oxygen atoms in total. The van der Waals surface area contributed by atoms with E-state index < -0.39 is 5.97 Å². The van der Waals surface area contributed by atoms with Crippen molar-refractivity contribution in [1.82, 2.24) is 9.55 Å². The van der Waals surface area contributed by atoms with Gasteiger partial charge in [0.2, 0.25) is 0 Å². The Balaban J connectivity index is 1.57. The molecule has 1 heterocycles. The van der Waals surface area contributed by atoms with Gasteiger partial charge in [0.15, 0.2) is 5.16 Å². The van der Waals surface area contributed by atoms with Crippen LogP contribution in [0.4, 0.5) is 0 Å². The van der Waals surface area contributed by atoms with E-state index in [1.54, 1.807) is 0 Å². The fourth-order valence-electron chi connectivity index (χ4n) is 4.59. The van der Waals surface area contributed by atoms with Crippen molar-refractivity contribution >= 4 is 17.7 Å². The predicted octanol–water partition coefficient (Wildman–Crippen LogP) is 2.59. The Labute approximate surface area is 116 Å². The topological polar surface area (TPSA) is 55.1 Å². The average molecular weight is 278 g/mol. The minimum atomic E-state index is -0.770. The first-order chi connectivity index (χ1) is 9.15. The van der Waals surface area contributed by atoms with Gasteiger partial charge >= 0.3 is 5.97 Å². The Morgan fingerprint density at radius 1 is 1.47 bits per heavy atom. The summed E-state index contributed by atoms with van der Waals surface area (Å²) >= 11 is 1.36. The van der Waals surface area contributed by atoms with E-state index >= 15 is 0 Å². The van der Waals surface area contributed by atoms with Crippen molar-refractivity contribution in [2.24, 2.45) is 23.7 Å². The molecule has 3 aliphatic rings. The van der Waals surface area contributed by atoms with Crippen LogP contribution in [0.1, 0.15) is 31.0 Å². The zero-order valence-electron chi connectivity index (χ0n) is 11.0. The van der Waals surface area contributed by atoms with E-state index in [9.17, 15) is 4.79 Å². The summed E-state index contributed by atoms with van der Waals surface area (Å²) in [4.78, 5) is 15.2. The van der Waals surface area contributed by atoms with Gasteiger partial charge in [-0.2, -0.15) is 0 Å². The van der Waals surface area contributed by atoms with Crippen molar-refractivity contribution in [1.29, 1.82) is 0 Å². The van der Waals surface area contributed by atoms with E-state index in [4.69, 9.17) is 5.11 Å². The van der Waals surface area contributed by atoms with Gasteiger partial charge in [0.1, 0.15) is 0 Å². The lowest BCUT2D eigenvalue weighted by Gasteiger charge is -2.12. The van der Waals surface area contributed by atoms with E-state index in [0.29, 0.717) is 6.04 Å². The summed E-state index contributed by atoms with van der Waals surface area (Å²) in [7, 11) is 0. The Hall–Kier alpha value is -0.970. The molecular weight excluding hydrogens is 260 g/mol.